The van der Waals surface area contributed by atoms with Gasteiger partial charge in [-0.1, -0.05) is 38.1 Å². The van der Waals surface area contributed by atoms with Crippen molar-refractivity contribution in [3.8, 4) is 22.5 Å². The summed E-state index contributed by atoms with van der Waals surface area (Å²) in [5, 5.41) is 18.2. The average molecular weight is 438 g/mol. The number of hydrogen-bond donors (Lipinski definition) is 1. The van der Waals surface area contributed by atoms with Crippen molar-refractivity contribution in [2.45, 2.75) is 52.0 Å². The number of alkyl halides is 2. The van der Waals surface area contributed by atoms with Crippen LogP contribution in [0.2, 0.25) is 0 Å². The van der Waals surface area contributed by atoms with Crippen LogP contribution in [0.4, 0.5) is 8.78 Å². The Balaban J connectivity index is 1.60. The van der Waals surface area contributed by atoms with Crippen LogP contribution >= 0.6 is 0 Å². The Bertz CT molecular complexity index is 1150. The number of tetrazole rings is 1. The number of aromatic amines is 1. The van der Waals surface area contributed by atoms with E-state index in [4.69, 9.17) is 0 Å². The van der Waals surface area contributed by atoms with Crippen molar-refractivity contribution in [2.75, 3.05) is 0 Å². The number of benzene rings is 1. The minimum Gasteiger partial charge on any atom is -0.264 e. The number of nitrogens with zero attached hydrogens (tertiary/aromatic N) is 7. The van der Waals surface area contributed by atoms with E-state index in [1.54, 1.807) is 24.0 Å². The lowest BCUT2D eigenvalue weighted by Crippen LogP contribution is -2.15. The molecule has 8 nitrogen and oxygen atoms in total. The quantitative estimate of drug-likeness (QED) is 0.416. The predicted octanol–water partition coefficient (Wildman–Crippen LogP) is 4.41. The summed E-state index contributed by atoms with van der Waals surface area (Å²) in [4.78, 5) is 8.33. The van der Waals surface area contributed by atoms with Crippen molar-refractivity contribution >= 4 is 0 Å². The maximum absolute atomic E-state index is 14.4. The lowest BCUT2D eigenvalue weighted by atomic mass is 10.00. The van der Waals surface area contributed by atoms with E-state index in [-0.39, 0.29) is 12.2 Å². The van der Waals surface area contributed by atoms with Crippen LogP contribution < -0.4 is 0 Å². The van der Waals surface area contributed by atoms with E-state index in [0.717, 1.165) is 28.7 Å². The van der Waals surface area contributed by atoms with Crippen LogP contribution in [-0.2, 0) is 18.9 Å². The third-order valence-electron chi connectivity index (χ3n) is 5.13. The maximum Gasteiger partial charge on any atom is 0.308 e. The third kappa shape index (κ3) is 4.53. The van der Waals surface area contributed by atoms with Gasteiger partial charge in [0.1, 0.15) is 5.82 Å². The molecular weight excluding hydrogens is 414 g/mol. The van der Waals surface area contributed by atoms with Crippen LogP contribution in [0.3, 0.4) is 0 Å². The normalized spacial score (nSPS) is 11.8. The number of rotatable bonds is 9. The molecule has 4 rings (SSSR count). The first-order valence-corrected chi connectivity index (χ1v) is 10.6. The van der Waals surface area contributed by atoms with Gasteiger partial charge in [-0.15, -0.1) is 10.2 Å². The molecule has 4 aromatic rings. The molecule has 32 heavy (non-hydrogen) atoms. The van der Waals surface area contributed by atoms with E-state index in [1.807, 2.05) is 37.3 Å². The summed E-state index contributed by atoms with van der Waals surface area (Å²) in [5.41, 5.74) is 3.62. The first kappa shape index (κ1) is 21.7. The van der Waals surface area contributed by atoms with E-state index in [1.165, 1.54) is 0 Å². The van der Waals surface area contributed by atoms with E-state index < -0.39 is 5.92 Å². The number of H-pyrrole nitrogens is 1. The summed E-state index contributed by atoms with van der Waals surface area (Å²) in [6.07, 6.45) is 4.92. The molecule has 3 aromatic heterocycles. The zero-order valence-electron chi connectivity index (χ0n) is 18.0. The fourth-order valence-electron chi connectivity index (χ4n) is 3.56. The fourth-order valence-corrected chi connectivity index (χ4v) is 3.56. The van der Waals surface area contributed by atoms with Crippen molar-refractivity contribution in [1.82, 2.24) is 40.4 Å². The van der Waals surface area contributed by atoms with Gasteiger partial charge in [0.15, 0.2) is 5.82 Å². The summed E-state index contributed by atoms with van der Waals surface area (Å²) in [6.45, 7) is 4.10. The second-order valence-electron chi connectivity index (χ2n) is 7.58. The summed E-state index contributed by atoms with van der Waals surface area (Å²) < 4.78 is 30.3. The van der Waals surface area contributed by atoms with Crippen molar-refractivity contribution < 1.29 is 8.78 Å². The Labute approximate surface area is 184 Å². The molecule has 0 aliphatic heterocycles. The van der Waals surface area contributed by atoms with Gasteiger partial charge >= 0.3 is 5.92 Å². The first-order chi connectivity index (χ1) is 15.5. The van der Waals surface area contributed by atoms with Crippen LogP contribution in [0, 0.1) is 0 Å². The molecule has 1 aromatic carbocycles. The highest BCUT2D eigenvalue weighted by Gasteiger charge is 2.36. The highest BCUT2D eigenvalue weighted by Crippen LogP contribution is 2.31. The van der Waals surface area contributed by atoms with Crippen LogP contribution in [0.15, 0.2) is 42.7 Å². The molecule has 0 aliphatic rings. The standard InChI is InChI=1S/C22H24F2N8/c1-3-5-19-26-21(22(23,24)11-4-2)29-32(19)14-15-6-8-16(9-7-15)17-10-12-25-13-18(17)20-27-30-31-28-20/h6-10,12-13H,3-5,11,14H2,1-2H3,(H,27,28,30,31). The number of halogens is 2. The van der Waals surface area contributed by atoms with Gasteiger partial charge in [0.2, 0.25) is 5.82 Å². The first-order valence-electron chi connectivity index (χ1n) is 10.6. The molecule has 0 spiro atoms. The molecule has 0 fully saturated rings. The minimum atomic E-state index is -3.01. The molecule has 10 heteroatoms. The summed E-state index contributed by atoms with van der Waals surface area (Å²) >= 11 is 0. The van der Waals surface area contributed by atoms with Crippen LogP contribution in [0.1, 0.15) is 50.3 Å². The smallest absolute Gasteiger partial charge is 0.264 e. The molecule has 0 unspecified atom stereocenters. The number of nitrogens with one attached hydrogen (secondary N) is 1. The molecule has 0 atom stereocenters. The topological polar surface area (TPSA) is 98.1 Å². The van der Waals surface area contributed by atoms with Crippen molar-refractivity contribution in [2.24, 2.45) is 0 Å². The van der Waals surface area contributed by atoms with Gasteiger partial charge in [-0.3, -0.25) is 4.98 Å². The third-order valence-corrected chi connectivity index (χ3v) is 5.13. The molecule has 1 N–H and O–H groups in total. The van der Waals surface area contributed by atoms with Crippen molar-refractivity contribution in [3.05, 3.63) is 59.9 Å². The van der Waals surface area contributed by atoms with E-state index in [2.05, 4.69) is 35.7 Å². The Morgan fingerprint density at radius 2 is 1.84 bits per heavy atom. The van der Waals surface area contributed by atoms with E-state index in [9.17, 15) is 8.78 Å². The van der Waals surface area contributed by atoms with Gasteiger partial charge in [0.05, 0.1) is 6.54 Å². The molecule has 0 bridgehead atoms. The Hall–Kier alpha value is -3.56. The van der Waals surface area contributed by atoms with Crippen molar-refractivity contribution in [3.63, 3.8) is 0 Å². The second kappa shape index (κ2) is 9.29. The number of hydrogen-bond acceptors (Lipinski definition) is 6. The summed E-state index contributed by atoms with van der Waals surface area (Å²) in [6, 6.07) is 9.76. The van der Waals surface area contributed by atoms with Gasteiger partial charge in [-0.05, 0) is 46.0 Å². The largest absolute Gasteiger partial charge is 0.308 e. The minimum absolute atomic E-state index is 0.258. The second-order valence-corrected chi connectivity index (χ2v) is 7.58. The molecule has 0 radical (unpaired) electrons. The Morgan fingerprint density at radius 3 is 2.53 bits per heavy atom. The summed E-state index contributed by atoms with van der Waals surface area (Å²) in [5.74, 6) is -2.29. The number of aromatic nitrogens is 8. The van der Waals surface area contributed by atoms with E-state index in [0.29, 0.717) is 31.0 Å². The maximum atomic E-state index is 14.4. The van der Waals surface area contributed by atoms with Gasteiger partial charge in [-0.25, -0.2) is 14.8 Å². The summed E-state index contributed by atoms with van der Waals surface area (Å²) in [7, 11) is 0. The van der Waals surface area contributed by atoms with Crippen LogP contribution in [0.25, 0.3) is 22.5 Å². The van der Waals surface area contributed by atoms with Gasteiger partial charge in [0.25, 0.3) is 0 Å². The van der Waals surface area contributed by atoms with Crippen LogP contribution in [-0.4, -0.2) is 40.4 Å². The molecular formula is C22H24F2N8. The zero-order valence-corrected chi connectivity index (χ0v) is 18.0. The number of pyridine rings is 1. The molecule has 0 aliphatic carbocycles. The predicted molar refractivity (Wildman–Crippen MR) is 115 cm³/mol. The van der Waals surface area contributed by atoms with Gasteiger partial charge in [-0.2, -0.15) is 8.78 Å². The lowest BCUT2D eigenvalue weighted by Gasteiger charge is -2.10. The van der Waals surface area contributed by atoms with Crippen molar-refractivity contribution in [1.29, 1.82) is 0 Å². The highest BCUT2D eigenvalue weighted by molar-refractivity contribution is 5.79. The zero-order chi connectivity index (χ0) is 22.6. The monoisotopic (exact) mass is 438 g/mol. The molecule has 3 heterocycles. The van der Waals surface area contributed by atoms with Gasteiger partial charge < -0.3 is 0 Å². The van der Waals surface area contributed by atoms with Gasteiger partial charge in [0, 0.05) is 30.8 Å². The molecule has 166 valence electrons. The molecule has 0 saturated carbocycles. The fraction of sp³-hybridized carbons (Fsp3) is 0.364. The Morgan fingerprint density at radius 1 is 1.03 bits per heavy atom. The number of aryl methyl sites for hydroxylation is 1. The molecule has 0 saturated heterocycles. The highest BCUT2D eigenvalue weighted by atomic mass is 19.3. The molecule has 0 amide bonds. The SMILES string of the molecule is CCCc1nc(C(F)(F)CCC)nn1Cc1ccc(-c2ccncc2-c2nnn[nH]2)cc1. The lowest BCUT2D eigenvalue weighted by molar-refractivity contribution is -0.0232. The van der Waals surface area contributed by atoms with Crippen LogP contribution in [0.5, 0.6) is 0 Å². The Kier molecular flexibility index (Phi) is 6.29. The average Bonchev–Trinajstić information content (AvgIpc) is 3.46. The van der Waals surface area contributed by atoms with E-state index >= 15 is 0 Å².